The Labute approximate surface area is 211 Å². The largest absolute Gasteiger partial charge is 0.365 e. The van der Waals surface area contributed by atoms with Crippen LogP contribution in [0.15, 0.2) is 22.9 Å². The molecular formula is C22H22BrF2N7O2S. The number of rotatable bonds is 8. The van der Waals surface area contributed by atoms with Gasteiger partial charge in [-0.1, -0.05) is 0 Å². The maximum Gasteiger partial charge on any atom is 0.280 e. The molecule has 0 atom stereocenters. The van der Waals surface area contributed by atoms with Crippen molar-refractivity contribution in [3.63, 3.8) is 0 Å². The van der Waals surface area contributed by atoms with Gasteiger partial charge >= 0.3 is 0 Å². The molecule has 2 amide bonds. The number of nitrogens with two attached hydrogens (primary N) is 1. The van der Waals surface area contributed by atoms with Crippen molar-refractivity contribution in [2.24, 2.45) is 5.73 Å². The van der Waals surface area contributed by atoms with Gasteiger partial charge in [-0.2, -0.15) is 10.2 Å². The van der Waals surface area contributed by atoms with Gasteiger partial charge in [-0.05, 0) is 48.3 Å². The lowest BCUT2D eigenvalue weighted by atomic mass is 10.0. The van der Waals surface area contributed by atoms with E-state index in [4.69, 9.17) is 5.73 Å². The van der Waals surface area contributed by atoms with Crippen molar-refractivity contribution in [3.05, 3.63) is 44.9 Å². The molecule has 13 heteroatoms. The molecule has 0 spiro atoms. The summed E-state index contributed by atoms with van der Waals surface area (Å²) in [5.41, 5.74) is 7.85. The van der Waals surface area contributed by atoms with Crippen LogP contribution in [-0.2, 0) is 17.9 Å². The number of fused-ring (bicyclic) bond motifs is 1. The van der Waals surface area contributed by atoms with Crippen molar-refractivity contribution in [1.29, 1.82) is 0 Å². The van der Waals surface area contributed by atoms with Crippen molar-refractivity contribution in [2.75, 3.05) is 5.32 Å². The molecule has 0 unspecified atom stereocenters. The number of carbonyl (C=O) groups is 2. The highest BCUT2D eigenvalue weighted by Gasteiger charge is 2.26. The summed E-state index contributed by atoms with van der Waals surface area (Å²) in [5.74, 6) is -1.18. The number of nitrogens with one attached hydrogen (secondary N) is 1. The molecule has 184 valence electrons. The monoisotopic (exact) mass is 565 g/mol. The molecule has 35 heavy (non-hydrogen) atoms. The summed E-state index contributed by atoms with van der Waals surface area (Å²) in [5, 5.41) is 11.8. The Morgan fingerprint density at radius 1 is 1.29 bits per heavy atom. The van der Waals surface area contributed by atoms with Gasteiger partial charge in [-0.15, -0.1) is 11.3 Å². The van der Waals surface area contributed by atoms with E-state index >= 15 is 0 Å². The highest BCUT2D eigenvalue weighted by atomic mass is 79.9. The highest BCUT2D eigenvalue weighted by Crippen LogP contribution is 2.43. The van der Waals surface area contributed by atoms with Crippen LogP contribution in [0.3, 0.4) is 0 Å². The summed E-state index contributed by atoms with van der Waals surface area (Å²) >= 11 is 4.25. The van der Waals surface area contributed by atoms with E-state index in [9.17, 15) is 18.4 Å². The topological polar surface area (TPSA) is 121 Å². The number of amides is 2. The Balaban J connectivity index is 1.80. The summed E-state index contributed by atoms with van der Waals surface area (Å²) in [6.45, 7) is 6.46. The number of hydrogen-bond donors (Lipinski definition) is 2. The molecule has 0 saturated heterocycles. The third-order valence-corrected chi connectivity index (χ3v) is 7.42. The average Bonchev–Trinajstić information content (AvgIpc) is 3.46. The predicted molar refractivity (Wildman–Crippen MR) is 133 cm³/mol. The number of halogens is 3. The summed E-state index contributed by atoms with van der Waals surface area (Å²) in [4.78, 5) is 29.4. The second kappa shape index (κ2) is 9.82. The Morgan fingerprint density at radius 3 is 2.60 bits per heavy atom. The van der Waals surface area contributed by atoms with E-state index in [1.807, 2.05) is 20.8 Å². The summed E-state index contributed by atoms with van der Waals surface area (Å²) in [7, 11) is 0. The molecule has 4 aromatic rings. The molecule has 0 fully saturated rings. The highest BCUT2D eigenvalue weighted by molar-refractivity contribution is 9.10. The number of pyridine rings is 1. The van der Waals surface area contributed by atoms with Crippen LogP contribution in [0.25, 0.3) is 21.3 Å². The number of anilines is 1. The smallest absolute Gasteiger partial charge is 0.280 e. The molecule has 0 aliphatic carbocycles. The molecule has 4 heterocycles. The third-order valence-electron chi connectivity index (χ3n) is 5.54. The van der Waals surface area contributed by atoms with Gasteiger partial charge in [-0.25, -0.2) is 13.8 Å². The lowest BCUT2D eigenvalue weighted by Crippen LogP contribution is -2.18. The molecule has 0 saturated carbocycles. The SMILES string of the molecule is CCn1ncc(-c2cc(C(F)F)nc3sc(C(N)=O)c(NC(=O)CCn4cc(Br)c(C)n4)c23)c1C. The van der Waals surface area contributed by atoms with Crippen molar-refractivity contribution in [1.82, 2.24) is 24.5 Å². The number of hydrogen-bond acceptors (Lipinski definition) is 6. The van der Waals surface area contributed by atoms with Gasteiger partial charge < -0.3 is 11.1 Å². The summed E-state index contributed by atoms with van der Waals surface area (Å²) in [6, 6.07) is 1.27. The molecular weight excluding hydrogens is 544 g/mol. The lowest BCUT2D eigenvalue weighted by Gasteiger charge is -2.11. The van der Waals surface area contributed by atoms with Crippen LogP contribution >= 0.6 is 27.3 Å². The van der Waals surface area contributed by atoms with Crippen LogP contribution in [0.1, 0.15) is 46.5 Å². The predicted octanol–water partition coefficient (Wildman–Crippen LogP) is 4.82. The van der Waals surface area contributed by atoms with E-state index in [1.54, 1.807) is 21.8 Å². The van der Waals surface area contributed by atoms with Crippen LogP contribution in [0.4, 0.5) is 14.5 Å². The molecule has 0 bridgehead atoms. The zero-order chi connectivity index (χ0) is 25.4. The summed E-state index contributed by atoms with van der Waals surface area (Å²) < 4.78 is 31.5. The Morgan fingerprint density at radius 2 is 2.03 bits per heavy atom. The number of aromatic nitrogens is 5. The minimum absolute atomic E-state index is 0.0340. The quantitative estimate of drug-likeness (QED) is 0.317. The maximum absolute atomic E-state index is 13.7. The number of aryl methyl sites for hydroxylation is 3. The van der Waals surface area contributed by atoms with Gasteiger partial charge in [-0.3, -0.25) is 19.0 Å². The van der Waals surface area contributed by atoms with Crippen molar-refractivity contribution >= 4 is 55.0 Å². The zero-order valence-corrected chi connectivity index (χ0v) is 21.5. The van der Waals surface area contributed by atoms with E-state index in [-0.39, 0.29) is 27.7 Å². The van der Waals surface area contributed by atoms with E-state index in [1.165, 1.54) is 6.07 Å². The number of nitrogens with zero attached hydrogens (tertiary/aromatic N) is 5. The minimum atomic E-state index is -2.83. The maximum atomic E-state index is 13.7. The first-order valence-electron chi connectivity index (χ1n) is 10.7. The molecule has 4 rings (SSSR count). The molecule has 3 N–H and O–H groups in total. The Hall–Kier alpha value is -3.19. The third kappa shape index (κ3) is 4.82. The summed E-state index contributed by atoms with van der Waals surface area (Å²) in [6.07, 6.45) is 0.579. The zero-order valence-electron chi connectivity index (χ0n) is 19.1. The Kier molecular flexibility index (Phi) is 6.99. The van der Waals surface area contributed by atoms with Crippen LogP contribution < -0.4 is 11.1 Å². The number of thiophene rings is 1. The lowest BCUT2D eigenvalue weighted by molar-refractivity contribution is -0.116. The first-order chi connectivity index (χ1) is 16.6. The van der Waals surface area contributed by atoms with Crippen molar-refractivity contribution < 1.29 is 18.4 Å². The van der Waals surface area contributed by atoms with Crippen LogP contribution in [-0.4, -0.2) is 36.4 Å². The fourth-order valence-electron chi connectivity index (χ4n) is 3.79. The van der Waals surface area contributed by atoms with Crippen molar-refractivity contribution in [2.45, 2.75) is 46.7 Å². The molecule has 0 aliphatic rings. The van der Waals surface area contributed by atoms with Gasteiger partial charge in [0.1, 0.15) is 15.4 Å². The fourth-order valence-corrected chi connectivity index (χ4v) is 5.12. The molecule has 0 aromatic carbocycles. The molecule has 0 radical (unpaired) electrons. The number of alkyl halides is 2. The molecule has 0 aliphatic heterocycles. The van der Waals surface area contributed by atoms with E-state index in [0.717, 1.165) is 27.2 Å². The first kappa shape index (κ1) is 24.9. The van der Waals surface area contributed by atoms with Crippen LogP contribution in [0, 0.1) is 13.8 Å². The van der Waals surface area contributed by atoms with Gasteiger partial charge in [0, 0.05) is 42.4 Å². The number of carbonyl (C=O) groups excluding carboxylic acids is 2. The first-order valence-corrected chi connectivity index (χ1v) is 12.3. The van der Waals surface area contributed by atoms with E-state index in [0.29, 0.717) is 29.6 Å². The van der Waals surface area contributed by atoms with E-state index in [2.05, 4.69) is 36.4 Å². The normalized spacial score (nSPS) is 11.5. The second-order valence-corrected chi connectivity index (χ2v) is 9.68. The van der Waals surface area contributed by atoms with Gasteiger partial charge in [0.2, 0.25) is 5.91 Å². The molecule has 9 nitrogen and oxygen atoms in total. The minimum Gasteiger partial charge on any atom is -0.365 e. The second-order valence-electron chi connectivity index (χ2n) is 7.83. The Bertz CT molecular complexity index is 1420. The number of primary amides is 1. The van der Waals surface area contributed by atoms with Crippen LogP contribution in [0.2, 0.25) is 0 Å². The van der Waals surface area contributed by atoms with Crippen molar-refractivity contribution in [3.8, 4) is 11.1 Å². The van der Waals surface area contributed by atoms with Gasteiger partial charge in [0.25, 0.3) is 12.3 Å². The van der Waals surface area contributed by atoms with Gasteiger partial charge in [0.05, 0.1) is 22.1 Å². The van der Waals surface area contributed by atoms with Gasteiger partial charge in [0.15, 0.2) is 0 Å². The van der Waals surface area contributed by atoms with E-state index < -0.39 is 18.0 Å². The fraction of sp³-hybridized carbons (Fsp3) is 0.318. The standard InChI is InChI=1S/C22H22BrF2N7O2S/c1-4-32-11(3)13(8-27-32)12-7-15(20(24)25)28-22-17(12)18(19(35-22)21(26)34)29-16(33)5-6-31-9-14(23)10(2)30-31/h7-9,20H,4-6H2,1-3H3,(H2,26,34)(H,29,33). The van der Waals surface area contributed by atoms with Crippen LogP contribution in [0.5, 0.6) is 0 Å². The average molecular weight is 566 g/mol. The molecule has 4 aromatic heterocycles.